The summed E-state index contributed by atoms with van der Waals surface area (Å²) in [4.78, 5) is 14.5. The van der Waals surface area contributed by atoms with Gasteiger partial charge >= 0.3 is 0 Å². The summed E-state index contributed by atoms with van der Waals surface area (Å²) in [6.07, 6.45) is 7.39. The quantitative estimate of drug-likeness (QED) is 0.196. The number of non-ortho nitro benzene ring substituents is 1. The molecule has 1 aromatic rings. The average Bonchev–Trinajstić information content (AvgIpc) is 2.74. The standard InChI is InChI=1S/C15H22N4O2.HI/c16-15(18-13-5-3-1-2-4-6-13)17-11-12-7-9-14(10-8-12)19(20)21;/h7-10,13H,1-6,11H2,(H3,16,17,18);1H. The number of nitrogens with zero attached hydrogens (tertiary/aromatic N) is 2. The Morgan fingerprint density at radius 2 is 1.82 bits per heavy atom. The van der Waals surface area contributed by atoms with Gasteiger partial charge in [-0.15, -0.1) is 24.0 Å². The van der Waals surface area contributed by atoms with E-state index in [1.165, 1.54) is 37.8 Å². The van der Waals surface area contributed by atoms with Crippen molar-refractivity contribution in [2.45, 2.75) is 51.1 Å². The van der Waals surface area contributed by atoms with Crippen LogP contribution in [0.2, 0.25) is 0 Å². The Labute approximate surface area is 147 Å². The first kappa shape index (κ1) is 18.7. The lowest BCUT2D eigenvalue weighted by Gasteiger charge is -2.16. The molecule has 0 bridgehead atoms. The van der Waals surface area contributed by atoms with Crippen molar-refractivity contribution in [3.8, 4) is 0 Å². The van der Waals surface area contributed by atoms with Gasteiger partial charge in [0.2, 0.25) is 0 Å². The van der Waals surface area contributed by atoms with Crippen molar-refractivity contribution >= 4 is 35.6 Å². The summed E-state index contributed by atoms with van der Waals surface area (Å²) < 4.78 is 0. The van der Waals surface area contributed by atoms with Crippen molar-refractivity contribution in [1.82, 2.24) is 5.32 Å². The zero-order valence-electron chi connectivity index (χ0n) is 12.5. The number of nitrogens with two attached hydrogens (primary N) is 1. The Hall–Kier alpha value is -1.38. The number of nitro groups is 1. The van der Waals surface area contributed by atoms with Gasteiger partial charge in [-0.25, -0.2) is 4.99 Å². The van der Waals surface area contributed by atoms with Crippen molar-refractivity contribution in [1.29, 1.82) is 0 Å². The molecule has 1 aliphatic carbocycles. The first-order valence-corrected chi connectivity index (χ1v) is 7.45. The van der Waals surface area contributed by atoms with E-state index in [0.29, 0.717) is 18.5 Å². The fourth-order valence-corrected chi connectivity index (χ4v) is 2.58. The minimum atomic E-state index is -0.408. The second-order valence-electron chi connectivity index (χ2n) is 5.46. The molecule has 7 heteroatoms. The molecule has 0 amide bonds. The molecule has 0 aliphatic heterocycles. The molecule has 122 valence electrons. The highest BCUT2D eigenvalue weighted by molar-refractivity contribution is 14.0. The van der Waals surface area contributed by atoms with E-state index in [0.717, 1.165) is 18.4 Å². The number of guanidine groups is 1. The first-order valence-electron chi connectivity index (χ1n) is 7.45. The predicted molar refractivity (Wildman–Crippen MR) is 98.5 cm³/mol. The molecule has 0 aromatic heterocycles. The number of hydrogen-bond acceptors (Lipinski definition) is 3. The second kappa shape index (κ2) is 9.60. The minimum Gasteiger partial charge on any atom is -0.370 e. The Balaban J connectivity index is 0.00000242. The van der Waals surface area contributed by atoms with E-state index >= 15 is 0 Å². The van der Waals surface area contributed by atoms with Crippen LogP contribution in [-0.4, -0.2) is 16.9 Å². The Kier molecular flexibility index (Phi) is 8.15. The van der Waals surface area contributed by atoms with E-state index in [-0.39, 0.29) is 29.7 Å². The Morgan fingerprint density at radius 1 is 1.23 bits per heavy atom. The lowest BCUT2D eigenvalue weighted by molar-refractivity contribution is -0.384. The number of rotatable bonds is 4. The summed E-state index contributed by atoms with van der Waals surface area (Å²) >= 11 is 0. The molecule has 2 rings (SSSR count). The van der Waals surface area contributed by atoms with Crippen LogP contribution in [0.15, 0.2) is 29.3 Å². The van der Waals surface area contributed by atoms with Gasteiger partial charge in [-0.2, -0.15) is 0 Å². The molecule has 0 radical (unpaired) electrons. The third-order valence-corrected chi connectivity index (χ3v) is 3.79. The molecule has 1 fully saturated rings. The van der Waals surface area contributed by atoms with Gasteiger partial charge in [0, 0.05) is 18.2 Å². The maximum Gasteiger partial charge on any atom is 0.269 e. The van der Waals surface area contributed by atoms with Crippen LogP contribution in [0.25, 0.3) is 0 Å². The van der Waals surface area contributed by atoms with Gasteiger partial charge < -0.3 is 11.1 Å². The summed E-state index contributed by atoms with van der Waals surface area (Å²) in [5.41, 5.74) is 6.91. The molecular formula is C15H23IN4O2. The average molecular weight is 418 g/mol. The van der Waals surface area contributed by atoms with Crippen LogP contribution >= 0.6 is 24.0 Å². The van der Waals surface area contributed by atoms with Crippen LogP contribution in [0.1, 0.15) is 44.1 Å². The van der Waals surface area contributed by atoms with Crippen LogP contribution in [0.3, 0.4) is 0 Å². The van der Waals surface area contributed by atoms with Gasteiger partial charge in [-0.3, -0.25) is 10.1 Å². The van der Waals surface area contributed by atoms with Crippen molar-refractivity contribution in [2.24, 2.45) is 10.7 Å². The third-order valence-electron chi connectivity index (χ3n) is 3.79. The van der Waals surface area contributed by atoms with Gasteiger partial charge in [-0.05, 0) is 18.4 Å². The van der Waals surface area contributed by atoms with Gasteiger partial charge in [0.05, 0.1) is 11.5 Å². The third kappa shape index (κ3) is 6.17. The maximum atomic E-state index is 10.6. The van der Waals surface area contributed by atoms with Crippen LogP contribution < -0.4 is 11.1 Å². The Bertz CT molecular complexity index is 497. The first-order chi connectivity index (χ1) is 10.1. The molecule has 1 aromatic carbocycles. The van der Waals surface area contributed by atoms with Crippen molar-refractivity contribution in [3.05, 3.63) is 39.9 Å². The molecule has 3 N–H and O–H groups in total. The fraction of sp³-hybridized carbons (Fsp3) is 0.533. The van der Waals surface area contributed by atoms with E-state index in [9.17, 15) is 10.1 Å². The summed E-state index contributed by atoms with van der Waals surface area (Å²) in [5, 5.41) is 13.9. The highest BCUT2D eigenvalue weighted by Crippen LogP contribution is 2.17. The smallest absolute Gasteiger partial charge is 0.269 e. The topological polar surface area (TPSA) is 93.5 Å². The summed E-state index contributed by atoms with van der Waals surface area (Å²) in [5.74, 6) is 0.459. The predicted octanol–water partition coefficient (Wildman–Crippen LogP) is 3.34. The SMILES string of the molecule is I.NC(=NCc1ccc([N+](=O)[O-])cc1)NC1CCCCCC1. The van der Waals surface area contributed by atoms with Crippen molar-refractivity contribution in [3.63, 3.8) is 0 Å². The number of nitro benzene ring substituents is 1. The molecule has 0 unspecified atom stereocenters. The molecule has 22 heavy (non-hydrogen) atoms. The van der Waals surface area contributed by atoms with Gasteiger partial charge in [-0.1, -0.05) is 37.8 Å². The van der Waals surface area contributed by atoms with Gasteiger partial charge in [0.25, 0.3) is 5.69 Å². The monoisotopic (exact) mass is 418 g/mol. The summed E-state index contributed by atoms with van der Waals surface area (Å²) in [7, 11) is 0. The van der Waals surface area contributed by atoms with E-state index in [4.69, 9.17) is 5.73 Å². The fourth-order valence-electron chi connectivity index (χ4n) is 2.58. The molecule has 1 aliphatic rings. The minimum absolute atomic E-state index is 0. The molecule has 1 saturated carbocycles. The van der Waals surface area contributed by atoms with Crippen LogP contribution in [0.4, 0.5) is 5.69 Å². The number of hydrogen-bond donors (Lipinski definition) is 2. The molecule has 0 saturated heterocycles. The number of benzene rings is 1. The lowest BCUT2D eigenvalue weighted by atomic mass is 10.1. The highest BCUT2D eigenvalue weighted by atomic mass is 127. The molecule has 6 nitrogen and oxygen atoms in total. The van der Waals surface area contributed by atoms with Crippen LogP contribution in [-0.2, 0) is 6.54 Å². The molecule has 0 atom stereocenters. The zero-order valence-corrected chi connectivity index (χ0v) is 14.9. The van der Waals surface area contributed by atoms with Crippen molar-refractivity contribution < 1.29 is 4.92 Å². The van der Waals surface area contributed by atoms with E-state index < -0.39 is 4.92 Å². The summed E-state index contributed by atoms with van der Waals surface area (Å²) in [6.45, 7) is 0.434. The number of halogens is 1. The molecule has 0 heterocycles. The van der Waals surface area contributed by atoms with Crippen molar-refractivity contribution in [2.75, 3.05) is 0 Å². The lowest BCUT2D eigenvalue weighted by Crippen LogP contribution is -2.39. The molecular weight excluding hydrogens is 395 g/mol. The Morgan fingerprint density at radius 3 is 2.36 bits per heavy atom. The van der Waals surface area contributed by atoms with Gasteiger partial charge in [0.1, 0.15) is 0 Å². The van der Waals surface area contributed by atoms with Crippen LogP contribution in [0, 0.1) is 10.1 Å². The van der Waals surface area contributed by atoms with Crippen LogP contribution in [0.5, 0.6) is 0 Å². The van der Waals surface area contributed by atoms with E-state index in [1.807, 2.05) is 0 Å². The zero-order chi connectivity index (χ0) is 15.1. The largest absolute Gasteiger partial charge is 0.370 e. The maximum absolute atomic E-state index is 10.6. The number of aliphatic imine (C=N–C) groups is 1. The number of nitrogens with one attached hydrogen (secondary N) is 1. The van der Waals surface area contributed by atoms with Gasteiger partial charge in [0.15, 0.2) is 5.96 Å². The highest BCUT2D eigenvalue weighted by Gasteiger charge is 2.12. The summed E-state index contributed by atoms with van der Waals surface area (Å²) in [6, 6.07) is 6.81. The second-order valence-corrected chi connectivity index (χ2v) is 5.46. The van der Waals surface area contributed by atoms with E-state index in [1.54, 1.807) is 12.1 Å². The molecule has 0 spiro atoms. The van der Waals surface area contributed by atoms with E-state index in [2.05, 4.69) is 10.3 Å². The normalized spacial score (nSPS) is 16.5.